The van der Waals surface area contributed by atoms with Gasteiger partial charge in [0.1, 0.15) is 0 Å². The van der Waals surface area contributed by atoms with Crippen molar-refractivity contribution < 1.29 is 15.0 Å². The van der Waals surface area contributed by atoms with Crippen LogP contribution in [0.25, 0.3) is 0 Å². The summed E-state index contributed by atoms with van der Waals surface area (Å²) < 4.78 is 0.770. The van der Waals surface area contributed by atoms with Crippen molar-refractivity contribution in [2.45, 2.75) is 46.6 Å². The Morgan fingerprint density at radius 1 is 1.36 bits per heavy atom. The van der Waals surface area contributed by atoms with Gasteiger partial charge in [-0.25, -0.2) is 4.79 Å². The van der Waals surface area contributed by atoms with Gasteiger partial charge in [0.2, 0.25) is 0 Å². The molecule has 122 valence electrons. The summed E-state index contributed by atoms with van der Waals surface area (Å²) in [6.45, 7) is 9.73. The number of hydrogen-bond donors (Lipinski definition) is 2. The molecule has 0 saturated carbocycles. The summed E-state index contributed by atoms with van der Waals surface area (Å²) in [7, 11) is 0. The van der Waals surface area contributed by atoms with E-state index >= 15 is 0 Å². The van der Waals surface area contributed by atoms with Crippen molar-refractivity contribution in [1.82, 2.24) is 4.98 Å². The molecule has 1 saturated heterocycles. The highest BCUT2D eigenvalue weighted by Gasteiger charge is 2.33. The van der Waals surface area contributed by atoms with Gasteiger partial charge < -0.3 is 15.1 Å². The van der Waals surface area contributed by atoms with Crippen LogP contribution in [0.5, 0.6) is 0 Å². The van der Waals surface area contributed by atoms with Crippen LogP contribution in [0.3, 0.4) is 0 Å². The monoisotopic (exact) mass is 370 g/mol. The highest BCUT2D eigenvalue weighted by molar-refractivity contribution is 9.10. The molecule has 0 aliphatic carbocycles. The molecule has 1 atom stereocenters. The van der Waals surface area contributed by atoms with Crippen LogP contribution in [0.2, 0.25) is 0 Å². The van der Waals surface area contributed by atoms with Crippen LogP contribution in [0.1, 0.15) is 49.7 Å². The highest BCUT2D eigenvalue weighted by Crippen LogP contribution is 2.41. The second-order valence-electron chi connectivity index (χ2n) is 6.79. The molecule has 1 aliphatic rings. The molecule has 0 radical (unpaired) electrons. The van der Waals surface area contributed by atoms with Crippen LogP contribution in [0.15, 0.2) is 4.47 Å². The number of carbonyl (C=O) groups is 1. The second-order valence-corrected chi connectivity index (χ2v) is 7.58. The molecule has 0 aromatic carbocycles. The summed E-state index contributed by atoms with van der Waals surface area (Å²) in [6.07, 6.45) is 0.619. The van der Waals surface area contributed by atoms with Crippen LogP contribution in [0, 0.1) is 19.3 Å². The molecule has 22 heavy (non-hydrogen) atoms. The third-order valence-electron chi connectivity index (χ3n) is 4.23. The van der Waals surface area contributed by atoms with Gasteiger partial charge in [-0.3, -0.25) is 4.98 Å². The molecule has 2 N–H and O–H groups in total. The molecular formula is C16H23BrN2O3. The van der Waals surface area contributed by atoms with Crippen molar-refractivity contribution in [3.63, 3.8) is 0 Å². The van der Waals surface area contributed by atoms with Crippen molar-refractivity contribution in [3.05, 3.63) is 21.4 Å². The largest absolute Gasteiger partial charge is 0.479 e. The fourth-order valence-electron chi connectivity index (χ4n) is 3.20. The number of carboxylic acid groups (broad SMARTS) is 1. The van der Waals surface area contributed by atoms with Gasteiger partial charge in [-0.15, -0.1) is 0 Å². The van der Waals surface area contributed by atoms with Crippen LogP contribution >= 0.6 is 15.9 Å². The Morgan fingerprint density at radius 2 is 2.00 bits per heavy atom. The van der Waals surface area contributed by atoms with Crippen molar-refractivity contribution in [1.29, 1.82) is 0 Å². The normalized spacial score (nSPS) is 19.1. The van der Waals surface area contributed by atoms with Crippen LogP contribution < -0.4 is 4.90 Å². The maximum absolute atomic E-state index is 11.3. The number of hydrogen-bond acceptors (Lipinski definition) is 4. The zero-order valence-electron chi connectivity index (χ0n) is 13.5. The first-order valence-electron chi connectivity index (χ1n) is 7.46. The maximum Gasteiger partial charge on any atom is 0.337 e. The zero-order valence-corrected chi connectivity index (χ0v) is 15.1. The lowest BCUT2D eigenvalue weighted by Gasteiger charge is -2.41. The number of halogens is 1. The molecule has 1 fully saturated rings. The van der Waals surface area contributed by atoms with Gasteiger partial charge in [0.05, 0.1) is 15.9 Å². The number of aliphatic hydroxyl groups excluding tert-OH is 1. The number of aliphatic carboxylic acids is 1. The van der Waals surface area contributed by atoms with Crippen molar-refractivity contribution >= 4 is 27.6 Å². The summed E-state index contributed by atoms with van der Waals surface area (Å²) in [4.78, 5) is 17.8. The molecular weight excluding hydrogens is 348 g/mol. The molecule has 1 aliphatic heterocycles. The molecule has 2 rings (SSSR count). The standard InChI is InChI=1S/C16H23BrN2O3/c1-9-11(14(20)15(21)22)13(12(17)10(2)18-9)19-7-5-6-16(3,4)8-19/h14,20H,5-8H2,1-4H3,(H,21,22)/t14-/m0/s1. The molecule has 0 spiro atoms. The quantitative estimate of drug-likeness (QED) is 0.854. The molecule has 0 unspecified atom stereocenters. The molecule has 1 aromatic rings. The third kappa shape index (κ3) is 3.27. The summed E-state index contributed by atoms with van der Waals surface area (Å²) in [6, 6.07) is 0. The van der Waals surface area contributed by atoms with Crippen LogP contribution in [0.4, 0.5) is 5.69 Å². The number of aliphatic hydroxyl groups is 1. The van der Waals surface area contributed by atoms with Crippen LogP contribution in [-0.4, -0.2) is 34.3 Å². The first-order chi connectivity index (χ1) is 10.1. The lowest BCUT2D eigenvalue weighted by atomic mass is 9.83. The van der Waals surface area contributed by atoms with E-state index in [0.717, 1.165) is 41.8 Å². The van der Waals surface area contributed by atoms with Crippen molar-refractivity contribution in [3.8, 4) is 0 Å². The van der Waals surface area contributed by atoms with Crippen molar-refractivity contribution in [2.24, 2.45) is 5.41 Å². The summed E-state index contributed by atoms with van der Waals surface area (Å²) >= 11 is 3.55. The zero-order chi connectivity index (χ0) is 16.7. The first-order valence-corrected chi connectivity index (χ1v) is 8.26. The van der Waals surface area contributed by atoms with Gasteiger partial charge in [-0.05, 0) is 48.0 Å². The summed E-state index contributed by atoms with van der Waals surface area (Å²) in [5.41, 5.74) is 2.69. The van der Waals surface area contributed by atoms with E-state index in [0.29, 0.717) is 11.3 Å². The molecule has 2 heterocycles. The minimum Gasteiger partial charge on any atom is -0.479 e. The maximum atomic E-state index is 11.3. The van der Waals surface area contributed by atoms with Crippen LogP contribution in [-0.2, 0) is 4.79 Å². The minimum absolute atomic E-state index is 0.161. The lowest BCUT2D eigenvalue weighted by Crippen LogP contribution is -2.41. The second kappa shape index (κ2) is 6.16. The number of aryl methyl sites for hydroxylation is 2. The third-order valence-corrected chi connectivity index (χ3v) is 5.18. The van der Waals surface area contributed by atoms with E-state index in [-0.39, 0.29) is 5.41 Å². The number of anilines is 1. The number of aromatic nitrogens is 1. The fraction of sp³-hybridized carbons (Fsp3) is 0.625. The average molecular weight is 371 g/mol. The topological polar surface area (TPSA) is 73.7 Å². The van der Waals surface area contributed by atoms with Gasteiger partial charge in [-0.1, -0.05) is 13.8 Å². The SMILES string of the molecule is Cc1nc(C)c([C@H](O)C(=O)O)c(N2CCCC(C)(C)C2)c1Br. The first kappa shape index (κ1) is 17.2. The van der Waals surface area contributed by atoms with E-state index in [1.807, 2.05) is 6.92 Å². The number of carboxylic acids is 1. The van der Waals surface area contributed by atoms with Gasteiger partial charge >= 0.3 is 5.97 Å². The number of nitrogens with zero attached hydrogens (tertiary/aromatic N) is 2. The van der Waals surface area contributed by atoms with E-state index in [4.69, 9.17) is 0 Å². The van der Waals surface area contributed by atoms with Gasteiger partial charge in [0.15, 0.2) is 6.10 Å². The Bertz CT molecular complexity index is 602. The van der Waals surface area contributed by atoms with E-state index < -0.39 is 12.1 Å². The Hall–Kier alpha value is -1.14. The lowest BCUT2D eigenvalue weighted by molar-refractivity contribution is -0.147. The Balaban J connectivity index is 2.59. The predicted octanol–water partition coefficient (Wildman–Crippen LogP) is 3.21. The van der Waals surface area contributed by atoms with E-state index in [2.05, 4.69) is 39.7 Å². The Kier molecular flexibility index (Phi) is 4.82. The van der Waals surface area contributed by atoms with E-state index in [1.165, 1.54) is 0 Å². The van der Waals surface area contributed by atoms with E-state index in [9.17, 15) is 15.0 Å². The number of piperidine rings is 1. The molecule has 1 aromatic heterocycles. The minimum atomic E-state index is -1.57. The number of rotatable bonds is 3. The Morgan fingerprint density at radius 3 is 2.55 bits per heavy atom. The number of pyridine rings is 1. The van der Waals surface area contributed by atoms with Gasteiger partial charge in [0.25, 0.3) is 0 Å². The highest BCUT2D eigenvalue weighted by atomic mass is 79.9. The van der Waals surface area contributed by atoms with Gasteiger partial charge in [-0.2, -0.15) is 0 Å². The predicted molar refractivity (Wildman–Crippen MR) is 89.2 cm³/mol. The Labute approximate surface area is 139 Å². The molecule has 5 nitrogen and oxygen atoms in total. The fourth-order valence-corrected chi connectivity index (χ4v) is 3.75. The molecule has 0 amide bonds. The van der Waals surface area contributed by atoms with Crippen molar-refractivity contribution in [2.75, 3.05) is 18.0 Å². The molecule has 0 bridgehead atoms. The van der Waals surface area contributed by atoms with E-state index in [1.54, 1.807) is 6.92 Å². The van der Waals surface area contributed by atoms with Gasteiger partial charge in [0, 0.05) is 24.3 Å². The average Bonchev–Trinajstić information content (AvgIpc) is 2.40. The molecule has 6 heteroatoms. The smallest absolute Gasteiger partial charge is 0.337 e. The summed E-state index contributed by atoms with van der Waals surface area (Å²) in [5, 5.41) is 19.4. The summed E-state index contributed by atoms with van der Waals surface area (Å²) in [5.74, 6) is -1.25.